The largest absolute Gasteiger partial charge is 0.356 e. The van der Waals surface area contributed by atoms with E-state index in [1.807, 2.05) is 36.4 Å². The van der Waals surface area contributed by atoms with Crippen LogP contribution in [0.25, 0.3) is 33.4 Å². The first-order valence-electron chi connectivity index (χ1n) is 17.3. The number of benzene rings is 8. The summed E-state index contributed by atoms with van der Waals surface area (Å²) in [5.41, 5.74) is 14.7. The van der Waals surface area contributed by atoms with Gasteiger partial charge in [-0.1, -0.05) is 127 Å². The fraction of sp³-hybridized carbons (Fsp3) is 0. The molecule has 0 atom stereocenters. The summed E-state index contributed by atoms with van der Waals surface area (Å²) in [6.07, 6.45) is 0. The molecule has 0 saturated heterocycles. The molecule has 0 bridgehead atoms. The maximum atomic E-state index is 3.47. The standard InChI is InChI=1S/C48H37N3/c1-4-10-36(11-5-1)39-20-30-46(31-21-39)51(47-32-22-40(23-33-47)37-16-26-44(27-17-37)49-42-12-6-2-7-13-42)48-34-24-41(25-35-48)38-18-28-45(29-19-38)50-43-14-8-3-9-15-43/h1-35,49-50H. The van der Waals surface area contributed by atoms with Crippen LogP contribution in [-0.2, 0) is 0 Å². The predicted molar refractivity (Wildman–Crippen MR) is 217 cm³/mol. The van der Waals surface area contributed by atoms with Crippen LogP contribution < -0.4 is 15.5 Å². The van der Waals surface area contributed by atoms with Gasteiger partial charge in [-0.05, 0) is 118 Å². The number of nitrogens with zero attached hydrogens (tertiary/aromatic N) is 1. The summed E-state index contributed by atoms with van der Waals surface area (Å²) in [4.78, 5) is 2.32. The van der Waals surface area contributed by atoms with Crippen LogP contribution in [0.15, 0.2) is 212 Å². The first-order chi connectivity index (χ1) is 25.2. The van der Waals surface area contributed by atoms with Gasteiger partial charge in [-0.25, -0.2) is 0 Å². The lowest BCUT2D eigenvalue weighted by Crippen LogP contribution is -2.09. The van der Waals surface area contributed by atoms with Gasteiger partial charge in [0, 0.05) is 39.8 Å². The molecule has 0 unspecified atom stereocenters. The van der Waals surface area contributed by atoms with Gasteiger partial charge in [0.05, 0.1) is 0 Å². The van der Waals surface area contributed by atoms with Gasteiger partial charge in [0.25, 0.3) is 0 Å². The molecule has 0 spiro atoms. The van der Waals surface area contributed by atoms with E-state index in [0.717, 1.165) is 39.8 Å². The molecule has 0 aliphatic rings. The molecule has 0 radical (unpaired) electrons. The van der Waals surface area contributed by atoms with Crippen molar-refractivity contribution in [1.29, 1.82) is 0 Å². The molecule has 0 heterocycles. The lowest BCUT2D eigenvalue weighted by Gasteiger charge is -2.26. The topological polar surface area (TPSA) is 27.3 Å². The Bertz CT molecular complexity index is 2150. The van der Waals surface area contributed by atoms with E-state index in [0.29, 0.717) is 0 Å². The summed E-state index contributed by atoms with van der Waals surface area (Å²) in [6.45, 7) is 0. The molecule has 244 valence electrons. The molecular weight excluding hydrogens is 619 g/mol. The molecule has 0 amide bonds. The van der Waals surface area contributed by atoms with Crippen LogP contribution >= 0.6 is 0 Å². The lowest BCUT2D eigenvalue weighted by atomic mass is 10.0. The molecule has 8 aromatic carbocycles. The maximum Gasteiger partial charge on any atom is 0.0462 e. The second kappa shape index (κ2) is 14.7. The van der Waals surface area contributed by atoms with Crippen molar-refractivity contribution < 1.29 is 0 Å². The second-order valence-corrected chi connectivity index (χ2v) is 12.5. The van der Waals surface area contributed by atoms with Crippen LogP contribution in [0.5, 0.6) is 0 Å². The Kier molecular flexibility index (Phi) is 9.08. The summed E-state index contributed by atoms with van der Waals surface area (Å²) >= 11 is 0. The van der Waals surface area contributed by atoms with Crippen molar-refractivity contribution in [3.8, 4) is 33.4 Å². The Morgan fingerprint density at radius 2 is 0.451 bits per heavy atom. The number of hydrogen-bond donors (Lipinski definition) is 2. The Hall–Kier alpha value is -6.84. The zero-order valence-corrected chi connectivity index (χ0v) is 28.2. The van der Waals surface area contributed by atoms with Crippen LogP contribution in [0.3, 0.4) is 0 Å². The first-order valence-corrected chi connectivity index (χ1v) is 17.3. The lowest BCUT2D eigenvalue weighted by molar-refractivity contribution is 1.28. The SMILES string of the molecule is c1ccc(Nc2ccc(-c3ccc(N(c4ccc(-c5ccccc5)cc4)c4ccc(-c5ccc(Nc6ccccc6)cc5)cc4)cc3)cc2)cc1. The van der Waals surface area contributed by atoms with Crippen LogP contribution in [0.2, 0.25) is 0 Å². The molecular formula is C48H37N3. The molecule has 2 N–H and O–H groups in total. The zero-order valence-electron chi connectivity index (χ0n) is 28.2. The number of hydrogen-bond acceptors (Lipinski definition) is 3. The molecule has 0 aromatic heterocycles. The van der Waals surface area contributed by atoms with Crippen LogP contribution in [-0.4, -0.2) is 0 Å². The van der Waals surface area contributed by atoms with Gasteiger partial charge in [0.15, 0.2) is 0 Å². The van der Waals surface area contributed by atoms with E-state index < -0.39 is 0 Å². The van der Waals surface area contributed by atoms with Crippen LogP contribution in [0.1, 0.15) is 0 Å². The fourth-order valence-electron chi connectivity index (χ4n) is 6.35. The van der Waals surface area contributed by atoms with Crippen LogP contribution in [0.4, 0.5) is 39.8 Å². The van der Waals surface area contributed by atoms with Gasteiger partial charge >= 0.3 is 0 Å². The average Bonchev–Trinajstić information content (AvgIpc) is 3.21. The van der Waals surface area contributed by atoms with E-state index in [4.69, 9.17) is 0 Å². The van der Waals surface area contributed by atoms with Gasteiger partial charge in [0.1, 0.15) is 0 Å². The molecule has 8 rings (SSSR count). The van der Waals surface area contributed by atoms with E-state index in [1.165, 1.54) is 33.4 Å². The van der Waals surface area contributed by atoms with Gasteiger partial charge in [0.2, 0.25) is 0 Å². The van der Waals surface area contributed by atoms with Crippen molar-refractivity contribution >= 4 is 39.8 Å². The maximum absolute atomic E-state index is 3.47. The smallest absolute Gasteiger partial charge is 0.0462 e. The second-order valence-electron chi connectivity index (χ2n) is 12.5. The van der Waals surface area contributed by atoms with Crippen molar-refractivity contribution in [2.45, 2.75) is 0 Å². The Morgan fingerprint density at radius 1 is 0.216 bits per heavy atom. The van der Waals surface area contributed by atoms with E-state index in [9.17, 15) is 0 Å². The summed E-state index contributed by atoms with van der Waals surface area (Å²) in [5, 5.41) is 6.95. The van der Waals surface area contributed by atoms with E-state index in [2.05, 4.69) is 191 Å². The summed E-state index contributed by atoms with van der Waals surface area (Å²) < 4.78 is 0. The number of para-hydroxylation sites is 2. The van der Waals surface area contributed by atoms with Crippen molar-refractivity contribution in [3.63, 3.8) is 0 Å². The van der Waals surface area contributed by atoms with Gasteiger partial charge < -0.3 is 15.5 Å². The molecule has 51 heavy (non-hydrogen) atoms. The third-order valence-electron chi connectivity index (χ3n) is 9.05. The highest BCUT2D eigenvalue weighted by Gasteiger charge is 2.14. The van der Waals surface area contributed by atoms with Crippen LogP contribution in [0, 0.1) is 0 Å². The average molecular weight is 656 g/mol. The first kappa shape index (κ1) is 31.4. The minimum absolute atomic E-state index is 1.06. The highest BCUT2D eigenvalue weighted by molar-refractivity contribution is 5.81. The monoisotopic (exact) mass is 655 g/mol. The molecule has 0 saturated carbocycles. The molecule has 3 nitrogen and oxygen atoms in total. The Balaban J connectivity index is 1.06. The number of nitrogens with one attached hydrogen (secondary N) is 2. The molecule has 0 fully saturated rings. The Morgan fingerprint density at radius 3 is 0.765 bits per heavy atom. The highest BCUT2D eigenvalue weighted by Crippen LogP contribution is 2.38. The summed E-state index contributed by atoms with van der Waals surface area (Å²) in [7, 11) is 0. The predicted octanol–water partition coefficient (Wildman–Crippen LogP) is 13.6. The van der Waals surface area contributed by atoms with Crippen molar-refractivity contribution in [1.82, 2.24) is 0 Å². The zero-order chi connectivity index (χ0) is 34.2. The molecule has 3 heteroatoms. The molecule has 0 aliphatic carbocycles. The third kappa shape index (κ3) is 7.44. The summed E-state index contributed by atoms with van der Waals surface area (Å²) in [6, 6.07) is 74.7. The third-order valence-corrected chi connectivity index (χ3v) is 9.05. The fourth-order valence-corrected chi connectivity index (χ4v) is 6.35. The molecule has 8 aromatic rings. The van der Waals surface area contributed by atoms with Crippen molar-refractivity contribution in [3.05, 3.63) is 212 Å². The summed E-state index contributed by atoms with van der Waals surface area (Å²) in [5.74, 6) is 0. The minimum atomic E-state index is 1.06. The normalized spacial score (nSPS) is 10.7. The van der Waals surface area contributed by atoms with Crippen molar-refractivity contribution in [2.24, 2.45) is 0 Å². The Labute approximate surface area is 300 Å². The van der Waals surface area contributed by atoms with Crippen molar-refractivity contribution in [2.75, 3.05) is 15.5 Å². The minimum Gasteiger partial charge on any atom is -0.356 e. The highest BCUT2D eigenvalue weighted by atomic mass is 15.1. The quantitative estimate of drug-likeness (QED) is 0.154. The van der Waals surface area contributed by atoms with E-state index in [1.54, 1.807) is 0 Å². The van der Waals surface area contributed by atoms with E-state index >= 15 is 0 Å². The molecule has 0 aliphatic heterocycles. The van der Waals surface area contributed by atoms with E-state index in [-0.39, 0.29) is 0 Å². The van der Waals surface area contributed by atoms with Gasteiger partial charge in [-0.3, -0.25) is 0 Å². The number of anilines is 7. The van der Waals surface area contributed by atoms with Gasteiger partial charge in [-0.2, -0.15) is 0 Å². The number of rotatable bonds is 10. The van der Waals surface area contributed by atoms with Gasteiger partial charge in [-0.15, -0.1) is 0 Å².